The van der Waals surface area contributed by atoms with Crippen molar-refractivity contribution in [3.8, 4) is 0 Å². The molecular weight excluding hydrogens is 220 g/mol. The van der Waals surface area contributed by atoms with Gasteiger partial charge in [0.2, 0.25) is 0 Å². The van der Waals surface area contributed by atoms with E-state index in [1.54, 1.807) is 5.57 Å². The zero-order valence-electron chi connectivity index (χ0n) is 12.7. The SMILES string of the molecule is COCCC(C)[C@@H]1CCC2=CCC[C@@H](C)[C@]2(C)C1. The van der Waals surface area contributed by atoms with Crippen LogP contribution in [0.15, 0.2) is 11.6 Å². The van der Waals surface area contributed by atoms with Gasteiger partial charge in [0, 0.05) is 13.7 Å². The van der Waals surface area contributed by atoms with Gasteiger partial charge in [0.15, 0.2) is 0 Å². The summed E-state index contributed by atoms with van der Waals surface area (Å²) >= 11 is 0. The number of ether oxygens (including phenoxy) is 1. The Kier molecular flexibility index (Phi) is 4.53. The van der Waals surface area contributed by atoms with E-state index in [2.05, 4.69) is 26.8 Å². The van der Waals surface area contributed by atoms with Crippen LogP contribution in [0, 0.1) is 23.2 Å². The fraction of sp³-hybridized carbons (Fsp3) is 0.882. The Labute approximate surface area is 113 Å². The van der Waals surface area contributed by atoms with Gasteiger partial charge in [0.05, 0.1) is 0 Å². The number of hydrogen-bond acceptors (Lipinski definition) is 1. The average Bonchev–Trinajstić information content (AvgIpc) is 2.37. The van der Waals surface area contributed by atoms with Crippen molar-refractivity contribution in [3.63, 3.8) is 0 Å². The van der Waals surface area contributed by atoms with Crippen LogP contribution in [0.5, 0.6) is 0 Å². The molecule has 1 unspecified atom stereocenters. The number of allylic oxidation sites excluding steroid dienone is 2. The first-order valence-electron chi connectivity index (χ1n) is 7.76. The van der Waals surface area contributed by atoms with Crippen LogP contribution in [0.25, 0.3) is 0 Å². The molecule has 2 rings (SSSR count). The molecule has 104 valence electrons. The molecule has 0 radical (unpaired) electrons. The second kappa shape index (κ2) is 5.77. The summed E-state index contributed by atoms with van der Waals surface area (Å²) in [5.41, 5.74) is 2.28. The minimum atomic E-state index is 0.502. The Morgan fingerprint density at radius 1 is 1.44 bits per heavy atom. The summed E-state index contributed by atoms with van der Waals surface area (Å²) < 4.78 is 5.24. The fourth-order valence-electron chi connectivity index (χ4n) is 4.11. The number of methoxy groups -OCH3 is 1. The van der Waals surface area contributed by atoms with E-state index in [1.807, 2.05) is 7.11 Å². The molecule has 0 heterocycles. The van der Waals surface area contributed by atoms with E-state index in [1.165, 1.54) is 38.5 Å². The van der Waals surface area contributed by atoms with Crippen molar-refractivity contribution in [1.82, 2.24) is 0 Å². The molecule has 2 aliphatic rings. The predicted octanol–water partition coefficient (Wildman–Crippen LogP) is 4.82. The van der Waals surface area contributed by atoms with Gasteiger partial charge in [-0.15, -0.1) is 0 Å². The first-order chi connectivity index (χ1) is 8.58. The highest BCUT2D eigenvalue weighted by atomic mass is 16.5. The third-order valence-electron chi connectivity index (χ3n) is 5.86. The van der Waals surface area contributed by atoms with Gasteiger partial charge < -0.3 is 4.74 Å². The van der Waals surface area contributed by atoms with E-state index in [9.17, 15) is 0 Å². The molecule has 0 saturated heterocycles. The third-order valence-corrected chi connectivity index (χ3v) is 5.86. The fourth-order valence-corrected chi connectivity index (χ4v) is 4.11. The topological polar surface area (TPSA) is 9.23 Å². The normalized spacial score (nSPS) is 37.9. The summed E-state index contributed by atoms with van der Waals surface area (Å²) in [7, 11) is 1.82. The summed E-state index contributed by atoms with van der Waals surface area (Å²) in [5.74, 6) is 2.59. The smallest absolute Gasteiger partial charge is 0.0464 e. The Morgan fingerprint density at radius 3 is 2.94 bits per heavy atom. The molecule has 1 heteroatoms. The summed E-state index contributed by atoms with van der Waals surface area (Å²) in [6, 6.07) is 0. The highest BCUT2D eigenvalue weighted by molar-refractivity contribution is 5.21. The largest absolute Gasteiger partial charge is 0.385 e. The van der Waals surface area contributed by atoms with Crippen molar-refractivity contribution in [2.24, 2.45) is 23.2 Å². The molecule has 0 bridgehead atoms. The zero-order chi connectivity index (χ0) is 13.2. The number of fused-ring (bicyclic) bond motifs is 1. The van der Waals surface area contributed by atoms with Crippen molar-refractivity contribution in [2.45, 2.75) is 59.3 Å². The van der Waals surface area contributed by atoms with Crippen molar-refractivity contribution in [2.75, 3.05) is 13.7 Å². The molecule has 0 aromatic rings. The van der Waals surface area contributed by atoms with Crippen LogP contribution in [0.4, 0.5) is 0 Å². The Balaban J connectivity index is 2.03. The summed E-state index contributed by atoms with van der Waals surface area (Å²) in [5, 5.41) is 0. The van der Waals surface area contributed by atoms with Gasteiger partial charge in [-0.25, -0.2) is 0 Å². The van der Waals surface area contributed by atoms with Crippen molar-refractivity contribution in [3.05, 3.63) is 11.6 Å². The maximum absolute atomic E-state index is 5.24. The summed E-state index contributed by atoms with van der Waals surface area (Å²) in [6.45, 7) is 8.34. The van der Waals surface area contributed by atoms with Gasteiger partial charge in [0.25, 0.3) is 0 Å². The first kappa shape index (κ1) is 14.1. The second-order valence-corrected chi connectivity index (χ2v) is 6.89. The monoisotopic (exact) mass is 250 g/mol. The molecule has 0 N–H and O–H groups in total. The molecule has 1 fully saturated rings. The molecule has 0 spiro atoms. The second-order valence-electron chi connectivity index (χ2n) is 6.89. The molecule has 1 saturated carbocycles. The van der Waals surface area contributed by atoms with E-state index < -0.39 is 0 Å². The Morgan fingerprint density at radius 2 is 2.22 bits per heavy atom. The average molecular weight is 250 g/mol. The molecule has 4 atom stereocenters. The maximum atomic E-state index is 5.24. The number of rotatable bonds is 4. The molecule has 0 aromatic carbocycles. The van der Waals surface area contributed by atoms with Gasteiger partial charge in [0.1, 0.15) is 0 Å². The minimum absolute atomic E-state index is 0.502. The standard InChI is InChI=1S/C17H30O/c1-13(10-11-18-4)15-8-9-16-7-5-6-14(2)17(16,3)12-15/h7,13-15H,5-6,8-12H2,1-4H3/t13?,14-,15-,17+/m1/s1. The minimum Gasteiger partial charge on any atom is -0.385 e. The maximum Gasteiger partial charge on any atom is 0.0464 e. The van der Waals surface area contributed by atoms with Crippen LogP contribution < -0.4 is 0 Å². The van der Waals surface area contributed by atoms with E-state index in [4.69, 9.17) is 4.74 Å². The van der Waals surface area contributed by atoms with Crippen LogP contribution in [0.2, 0.25) is 0 Å². The van der Waals surface area contributed by atoms with E-state index >= 15 is 0 Å². The highest BCUT2D eigenvalue weighted by Gasteiger charge is 2.42. The van der Waals surface area contributed by atoms with Crippen LogP contribution >= 0.6 is 0 Å². The van der Waals surface area contributed by atoms with E-state index in [0.717, 1.165) is 24.4 Å². The predicted molar refractivity (Wildman–Crippen MR) is 77.6 cm³/mol. The number of hydrogen-bond donors (Lipinski definition) is 0. The summed E-state index contributed by atoms with van der Waals surface area (Å²) in [4.78, 5) is 0. The van der Waals surface area contributed by atoms with Gasteiger partial charge in [-0.05, 0) is 61.7 Å². The quantitative estimate of drug-likeness (QED) is 0.650. The Hall–Kier alpha value is -0.300. The van der Waals surface area contributed by atoms with Crippen LogP contribution in [-0.2, 0) is 4.74 Å². The first-order valence-corrected chi connectivity index (χ1v) is 7.76. The van der Waals surface area contributed by atoms with E-state index in [-0.39, 0.29) is 0 Å². The van der Waals surface area contributed by atoms with Crippen molar-refractivity contribution >= 4 is 0 Å². The molecule has 18 heavy (non-hydrogen) atoms. The lowest BCUT2D eigenvalue weighted by Gasteiger charge is -2.48. The molecule has 1 nitrogen and oxygen atoms in total. The summed E-state index contributed by atoms with van der Waals surface area (Å²) in [6.07, 6.45) is 10.6. The molecule has 2 aliphatic carbocycles. The van der Waals surface area contributed by atoms with Crippen LogP contribution in [0.3, 0.4) is 0 Å². The lowest BCUT2D eigenvalue weighted by Crippen LogP contribution is -2.38. The van der Waals surface area contributed by atoms with Crippen molar-refractivity contribution < 1.29 is 4.74 Å². The molecular formula is C17H30O. The molecule has 0 aliphatic heterocycles. The highest BCUT2D eigenvalue weighted by Crippen LogP contribution is 2.53. The molecule has 0 amide bonds. The Bertz CT molecular complexity index is 307. The zero-order valence-corrected chi connectivity index (χ0v) is 12.7. The van der Waals surface area contributed by atoms with Gasteiger partial charge in [-0.1, -0.05) is 32.4 Å². The van der Waals surface area contributed by atoms with Gasteiger partial charge in [-0.2, -0.15) is 0 Å². The van der Waals surface area contributed by atoms with Gasteiger partial charge in [-0.3, -0.25) is 0 Å². The van der Waals surface area contributed by atoms with Crippen molar-refractivity contribution in [1.29, 1.82) is 0 Å². The van der Waals surface area contributed by atoms with Crippen LogP contribution in [0.1, 0.15) is 59.3 Å². The third kappa shape index (κ3) is 2.66. The molecule has 0 aromatic heterocycles. The van der Waals surface area contributed by atoms with E-state index in [0.29, 0.717) is 5.41 Å². The lowest BCUT2D eigenvalue weighted by atomic mass is 9.57. The lowest BCUT2D eigenvalue weighted by molar-refractivity contribution is 0.0947. The van der Waals surface area contributed by atoms with Crippen LogP contribution in [-0.4, -0.2) is 13.7 Å². The van der Waals surface area contributed by atoms with Gasteiger partial charge >= 0.3 is 0 Å².